The molecule has 1 aliphatic heterocycles. The molecule has 1 N–H and O–H groups in total. The van der Waals surface area contributed by atoms with Gasteiger partial charge >= 0.3 is 0 Å². The first-order valence-electron chi connectivity index (χ1n) is 8.56. The van der Waals surface area contributed by atoms with Crippen LogP contribution in [0, 0.1) is 6.92 Å². The number of aryl methyl sites for hydroxylation is 1. The van der Waals surface area contributed by atoms with E-state index in [-0.39, 0.29) is 5.91 Å². The molecule has 128 valence electrons. The summed E-state index contributed by atoms with van der Waals surface area (Å²) < 4.78 is 0. The van der Waals surface area contributed by atoms with Crippen LogP contribution in [0.4, 0.5) is 0 Å². The van der Waals surface area contributed by atoms with Crippen molar-refractivity contribution in [2.45, 2.75) is 13.5 Å². The second kappa shape index (κ2) is 6.64. The van der Waals surface area contributed by atoms with Gasteiger partial charge in [-0.3, -0.25) is 19.8 Å². The molecule has 3 heterocycles. The Labute approximate surface area is 146 Å². The summed E-state index contributed by atoms with van der Waals surface area (Å²) in [6.07, 6.45) is 3.69. The summed E-state index contributed by atoms with van der Waals surface area (Å²) in [5.41, 5.74) is 3.77. The van der Waals surface area contributed by atoms with Crippen LogP contribution in [0.15, 0.2) is 42.7 Å². The highest BCUT2D eigenvalue weighted by atomic mass is 16.2. The lowest BCUT2D eigenvalue weighted by atomic mass is 10.1. The second-order valence-corrected chi connectivity index (χ2v) is 6.55. The minimum atomic E-state index is 0.0119. The van der Waals surface area contributed by atoms with Crippen LogP contribution in [0.2, 0.25) is 0 Å². The van der Waals surface area contributed by atoms with Crippen molar-refractivity contribution in [3.05, 3.63) is 59.5 Å². The molecule has 4 rings (SSSR count). The van der Waals surface area contributed by atoms with Crippen LogP contribution in [-0.2, 0) is 6.54 Å². The van der Waals surface area contributed by atoms with E-state index in [9.17, 15) is 4.79 Å². The molecule has 0 bridgehead atoms. The first kappa shape index (κ1) is 15.8. The lowest BCUT2D eigenvalue weighted by Crippen LogP contribution is -2.48. The largest absolute Gasteiger partial charge is 0.335 e. The Kier molecular flexibility index (Phi) is 4.19. The van der Waals surface area contributed by atoms with Gasteiger partial charge in [-0.1, -0.05) is 17.7 Å². The number of amides is 1. The third-order valence-corrected chi connectivity index (χ3v) is 4.71. The van der Waals surface area contributed by atoms with Crippen molar-refractivity contribution in [2.75, 3.05) is 26.2 Å². The molecule has 0 unspecified atom stereocenters. The molecule has 1 fully saturated rings. The molecule has 1 aromatic carbocycles. The Morgan fingerprint density at radius 1 is 1.20 bits per heavy atom. The van der Waals surface area contributed by atoms with Crippen molar-refractivity contribution >= 4 is 16.8 Å². The third-order valence-electron chi connectivity index (χ3n) is 4.71. The molecule has 0 atom stereocenters. The molecule has 1 saturated heterocycles. The predicted octanol–water partition coefficient (Wildman–Crippen LogP) is 2.22. The van der Waals surface area contributed by atoms with Crippen LogP contribution in [-0.4, -0.2) is 57.1 Å². The summed E-state index contributed by atoms with van der Waals surface area (Å²) in [4.78, 5) is 21.3. The highest BCUT2D eigenvalue weighted by molar-refractivity contribution is 6.04. The summed E-state index contributed by atoms with van der Waals surface area (Å²) >= 11 is 0. The number of hydrogen-bond donors (Lipinski definition) is 1. The Bertz CT molecular complexity index is 881. The van der Waals surface area contributed by atoms with E-state index in [0.717, 1.165) is 49.2 Å². The van der Waals surface area contributed by atoms with Gasteiger partial charge in [0.25, 0.3) is 5.91 Å². The summed E-state index contributed by atoms with van der Waals surface area (Å²) in [6, 6.07) is 10.1. The zero-order valence-electron chi connectivity index (χ0n) is 14.3. The van der Waals surface area contributed by atoms with E-state index in [2.05, 4.69) is 26.1 Å². The SMILES string of the molecule is Cc1ccc2[nH]nc(C(=O)N3CCN(Cc4cccnc4)CC3)c2c1. The molecule has 6 nitrogen and oxygen atoms in total. The Balaban J connectivity index is 1.43. The lowest BCUT2D eigenvalue weighted by molar-refractivity contribution is 0.0624. The van der Waals surface area contributed by atoms with Gasteiger partial charge in [-0.05, 0) is 30.7 Å². The summed E-state index contributed by atoms with van der Waals surface area (Å²) in [7, 11) is 0. The number of piperazine rings is 1. The average molecular weight is 335 g/mol. The fraction of sp³-hybridized carbons (Fsp3) is 0.316. The van der Waals surface area contributed by atoms with Gasteiger partial charge in [0, 0.05) is 50.5 Å². The van der Waals surface area contributed by atoms with Gasteiger partial charge in [0.05, 0.1) is 5.52 Å². The number of hydrogen-bond acceptors (Lipinski definition) is 4. The zero-order chi connectivity index (χ0) is 17.2. The maximum Gasteiger partial charge on any atom is 0.275 e. The molecule has 1 amide bonds. The number of carbonyl (C=O) groups excluding carboxylic acids is 1. The van der Waals surface area contributed by atoms with Gasteiger partial charge in [0.1, 0.15) is 0 Å². The van der Waals surface area contributed by atoms with Gasteiger partial charge in [-0.25, -0.2) is 0 Å². The number of nitrogens with zero attached hydrogens (tertiary/aromatic N) is 4. The number of benzene rings is 1. The standard InChI is InChI=1S/C19H21N5O/c1-14-4-5-17-16(11-14)18(22-21-17)19(25)24-9-7-23(8-10-24)13-15-3-2-6-20-12-15/h2-6,11-12H,7-10,13H2,1H3,(H,21,22). The molecule has 3 aromatic rings. The number of H-pyrrole nitrogens is 1. The van der Waals surface area contributed by atoms with Crippen molar-refractivity contribution in [1.82, 2.24) is 25.0 Å². The first-order chi connectivity index (χ1) is 12.2. The highest BCUT2D eigenvalue weighted by Gasteiger charge is 2.25. The second-order valence-electron chi connectivity index (χ2n) is 6.55. The molecule has 25 heavy (non-hydrogen) atoms. The Morgan fingerprint density at radius 3 is 2.80 bits per heavy atom. The van der Waals surface area contributed by atoms with E-state index in [4.69, 9.17) is 0 Å². The molecule has 0 spiro atoms. The molecule has 0 aliphatic carbocycles. The molecular formula is C19H21N5O. The molecule has 1 aliphatic rings. The van der Waals surface area contributed by atoms with Crippen LogP contribution in [0.25, 0.3) is 10.9 Å². The van der Waals surface area contributed by atoms with Crippen molar-refractivity contribution < 1.29 is 4.79 Å². The van der Waals surface area contributed by atoms with E-state index in [1.165, 1.54) is 5.56 Å². The number of rotatable bonds is 3. The van der Waals surface area contributed by atoms with Gasteiger partial charge in [-0.2, -0.15) is 5.10 Å². The van der Waals surface area contributed by atoms with Gasteiger partial charge in [-0.15, -0.1) is 0 Å². The monoisotopic (exact) mass is 335 g/mol. The number of carbonyl (C=O) groups is 1. The minimum Gasteiger partial charge on any atom is -0.335 e. The molecule has 0 radical (unpaired) electrons. The fourth-order valence-electron chi connectivity index (χ4n) is 3.30. The molecule has 6 heteroatoms. The van der Waals surface area contributed by atoms with Crippen molar-refractivity contribution in [3.8, 4) is 0 Å². The third kappa shape index (κ3) is 3.25. The number of pyridine rings is 1. The summed E-state index contributed by atoms with van der Waals surface area (Å²) in [5, 5.41) is 8.13. The fourth-order valence-corrected chi connectivity index (χ4v) is 3.30. The number of aromatic amines is 1. The minimum absolute atomic E-state index is 0.0119. The van der Waals surface area contributed by atoms with E-state index < -0.39 is 0 Å². The van der Waals surface area contributed by atoms with Gasteiger partial charge < -0.3 is 4.90 Å². The highest BCUT2D eigenvalue weighted by Crippen LogP contribution is 2.20. The van der Waals surface area contributed by atoms with Crippen LogP contribution in [0.3, 0.4) is 0 Å². The van der Waals surface area contributed by atoms with Gasteiger partial charge in [0.15, 0.2) is 5.69 Å². The number of aromatic nitrogens is 3. The van der Waals surface area contributed by atoms with Crippen LogP contribution < -0.4 is 0 Å². The Morgan fingerprint density at radius 2 is 2.04 bits per heavy atom. The quantitative estimate of drug-likeness (QED) is 0.797. The lowest BCUT2D eigenvalue weighted by Gasteiger charge is -2.34. The van der Waals surface area contributed by atoms with Crippen LogP contribution >= 0.6 is 0 Å². The van der Waals surface area contributed by atoms with Crippen molar-refractivity contribution in [2.24, 2.45) is 0 Å². The number of nitrogens with one attached hydrogen (secondary N) is 1. The zero-order valence-corrected chi connectivity index (χ0v) is 14.3. The summed E-state index contributed by atoms with van der Waals surface area (Å²) in [6.45, 7) is 6.07. The van der Waals surface area contributed by atoms with Crippen molar-refractivity contribution in [3.63, 3.8) is 0 Å². The van der Waals surface area contributed by atoms with Crippen LogP contribution in [0.1, 0.15) is 21.6 Å². The topological polar surface area (TPSA) is 65.1 Å². The van der Waals surface area contributed by atoms with Crippen LogP contribution in [0.5, 0.6) is 0 Å². The first-order valence-corrected chi connectivity index (χ1v) is 8.56. The molecular weight excluding hydrogens is 314 g/mol. The van der Waals surface area contributed by atoms with E-state index in [0.29, 0.717) is 5.69 Å². The smallest absolute Gasteiger partial charge is 0.275 e. The van der Waals surface area contributed by atoms with Crippen molar-refractivity contribution in [1.29, 1.82) is 0 Å². The number of fused-ring (bicyclic) bond motifs is 1. The Hall–Kier alpha value is -2.73. The molecule has 2 aromatic heterocycles. The van der Waals surface area contributed by atoms with E-state index >= 15 is 0 Å². The predicted molar refractivity (Wildman–Crippen MR) is 96.2 cm³/mol. The maximum absolute atomic E-state index is 12.9. The van der Waals surface area contributed by atoms with E-state index in [1.54, 1.807) is 6.20 Å². The van der Waals surface area contributed by atoms with Gasteiger partial charge in [0.2, 0.25) is 0 Å². The van der Waals surface area contributed by atoms with E-state index in [1.807, 2.05) is 42.3 Å². The maximum atomic E-state index is 12.9. The average Bonchev–Trinajstić information content (AvgIpc) is 3.05. The normalized spacial score (nSPS) is 15.6. The summed E-state index contributed by atoms with van der Waals surface area (Å²) in [5.74, 6) is 0.0119. The molecule has 0 saturated carbocycles.